The van der Waals surface area contributed by atoms with Gasteiger partial charge >= 0.3 is 11.0 Å². The summed E-state index contributed by atoms with van der Waals surface area (Å²) in [6, 6.07) is 16.5. The monoisotopic (exact) mass is 601 g/mol. The van der Waals surface area contributed by atoms with Gasteiger partial charge in [0.05, 0.1) is 22.2 Å². The molecule has 2 aromatic carbocycles. The normalized spacial score (nSPS) is 20.4. The molecule has 1 fully saturated rings. The fourth-order valence-electron chi connectivity index (χ4n) is 4.98. The third kappa shape index (κ3) is 4.57. The van der Waals surface area contributed by atoms with Crippen LogP contribution in [0.3, 0.4) is 0 Å². The van der Waals surface area contributed by atoms with Crippen LogP contribution in [0.4, 0.5) is 24.5 Å². The smallest absolute Gasteiger partial charge is 0.325 e. The first kappa shape index (κ1) is 26.5. The fourth-order valence-corrected chi connectivity index (χ4v) is 8.70. The van der Waals surface area contributed by atoms with E-state index in [-0.39, 0.29) is 11.6 Å². The third-order valence-corrected chi connectivity index (χ3v) is 10.2. The Bertz CT molecular complexity index is 1680. The number of nitrogens with one attached hydrogen (secondary N) is 1. The maximum atomic E-state index is 13.7. The van der Waals surface area contributed by atoms with Crippen molar-refractivity contribution >= 4 is 63.5 Å². The number of anilines is 2. The van der Waals surface area contributed by atoms with Crippen LogP contribution in [0.5, 0.6) is 0 Å². The number of carbonyl (C=O) groups is 3. The molecule has 40 heavy (non-hydrogen) atoms. The zero-order valence-electron chi connectivity index (χ0n) is 20.3. The van der Waals surface area contributed by atoms with Crippen LogP contribution in [0.2, 0.25) is 0 Å². The predicted molar refractivity (Wildman–Crippen MR) is 147 cm³/mol. The molecule has 4 heterocycles. The number of aromatic nitrogens is 1. The van der Waals surface area contributed by atoms with Gasteiger partial charge in [-0.3, -0.25) is 23.7 Å². The predicted octanol–water partition coefficient (Wildman–Crippen LogP) is 5.42. The number of carbonyl (C=O) groups excluding carboxylic acids is 3. The first-order valence-corrected chi connectivity index (χ1v) is 14.5. The average Bonchev–Trinajstić information content (AvgIpc) is 3.62. The van der Waals surface area contributed by atoms with Crippen LogP contribution in [0.25, 0.3) is 0 Å². The number of alkyl halides is 3. The van der Waals surface area contributed by atoms with E-state index in [9.17, 15) is 32.3 Å². The lowest BCUT2D eigenvalue weighted by atomic mass is 9.87. The van der Waals surface area contributed by atoms with E-state index >= 15 is 0 Å². The Balaban J connectivity index is 1.35. The third-order valence-electron chi connectivity index (χ3n) is 6.69. The molecule has 1 saturated heterocycles. The van der Waals surface area contributed by atoms with Crippen LogP contribution in [-0.4, -0.2) is 27.5 Å². The van der Waals surface area contributed by atoms with Gasteiger partial charge in [-0.15, -0.1) is 11.3 Å². The van der Waals surface area contributed by atoms with Crippen molar-refractivity contribution in [3.63, 3.8) is 0 Å². The number of imide groups is 1. The van der Waals surface area contributed by atoms with Crippen molar-refractivity contribution in [1.29, 1.82) is 0 Å². The van der Waals surface area contributed by atoms with Crippen LogP contribution in [0.1, 0.15) is 21.2 Å². The molecule has 2 aliphatic heterocycles. The van der Waals surface area contributed by atoms with Crippen LogP contribution in [-0.2, 0) is 27.1 Å². The Morgan fingerprint density at radius 3 is 2.42 bits per heavy atom. The van der Waals surface area contributed by atoms with Crippen LogP contribution < -0.4 is 15.1 Å². The maximum Gasteiger partial charge on any atom is 0.416 e. The molecular weight excluding hydrogens is 584 g/mol. The van der Waals surface area contributed by atoms with Crippen molar-refractivity contribution < 1.29 is 27.6 Å². The van der Waals surface area contributed by atoms with Crippen LogP contribution in [0, 0.1) is 5.92 Å². The van der Waals surface area contributed by atoms with Gasteiger partial charge in [0, 0.05) is 21.4 Å². The molecule has 6 rings (SSSR count). The molecule has 0 aliphatic carbocycles. The van der Waals surface area contributed by atoms with E-state index in [0.29, 0.717) is 15.6 Å². The Morgan fingerprint density at radius 2 is 1.73 bits per heavy atom. The molecule has 1 N–H and O–H groups in total. The largest absolute Gasteiger partial charge is 0.416 e. The Morgan fingerprint density at radius 1 is 0.950 bits per heavy atom. The van der Waals surface area contributed by atoms with E-state index in [1.54, 1.807) is 30.3 Å². The number of amides is 3. The second-order valence-corrected chi connectivity index (χ2v) is 12.3. The number of thioether (sulfide) groups is 1. The molecule has 0 spiro atoms. The standard InChI is InChI=1S/C27H18F3N3O4S3/c28-27(29,30)14-6-4-7-15(12-14)31-18(34)13-32-25-22(40-26(32)37)19(17-10-5-11-38-17)20-21(39-25)24(36)33(23(20)35)16-8-2-1-3-9-16/h1-12,19-21H,13H2,(H,31,34). The van der Waals surface area contributed by atoms with Crippen molar-refractivity contribution in [2.75, 3.05) is 10.2 Å². The van der Waals surface area contributed by atoms with E-state index in [2.05, 4.69) is 5.32 Å². The minimum absolute atomic E-state index is 0.0591. The average molecular weight is 602 g/mol. The molecule has 204 valence electrons. The maximum absolute atomic E-state index is 13.7. The van der Waals surface area contributed by atoms with Gasteiger partial charge in [-0.25, -0.2) is 4.90 Å². The number of hydrogen-bond donors (Lipinski definition) is 1. The summed E-state index contributed by atoms with van der Waals surface area (Å²) >= 11 is 3.40. The minimum atomic E-state index is -4.58. The Kier molecular flexibility index (Phi) is 6.67. The van der Waals surface area contributed by atoms with Gasteiger partial charge in [-0.1, -0.05) is 53.4 Å². The van der Waals surface area contributed by atoms with Gasteiger partial charge in [0.25, 0.3) is 0 Å². The van der Waals surface area contributed by atoms with Crippen molar-refractivity contribution in [2.24, 2.45) is 5.92 Å². The minimum Gasteiger partial charge on any atom is -0.325 e. The molecule has 3 amide bonds. The number of hydrogen-bond acceptors (Lipinski definition) is 7. The summed E-state index contributed by atoms with van der Waals surface area (Å²) in [6.07, 6.45) is -4.58. The van der Waals surface area contributed by atoms with E-state index < -0.39 is 52.1 Å². The summed E-state index contributed by atoms with van der Waals surface area (Å²) in [5.74, 6) is -2.76. The Labute approximate surface area is 237 Å². The number of fused-ring (bicyclic) bond motifs is 2. The second kappa shape index (κ2) is 10.1. The van der Waals surface area contributed by atoms with E-state index in [1.807, 2.05) is 17.5 Å². The molecule has 2 aromatic heterocycles. The number of rotatable bonds is 5. The van der Waals surface area contributed by atoms with Crippen LogP contribution >= 0.6 is 34.4 Å². The summed E-state index contributed by atoms with van der Waals surface area (Å²) in [5.41, 5.74) is -0.516. The van der Waals surface area contributed by atoms with Crippen molar-refractivity contribution in [3.8, 4) is 0 Å². The van der Waals surface area contributed by atoms with Gasteiger partial charge in [0.15, 0.2) is 0 Å². The molecular formula is C27H18F3N3O4S3. The number of benzene rings is 2. The van der Waals surface area contributed by atoms with Gasteiger partial charge in [0.1, 0.15) is 11.8 Å². The molecule has 4 aromatic rings. The first-order valence-electron chi connectivity index (χ1n) is 12.0. The summed E-state index contributed by atoms with van der Waals surface area (Å²) in [6.45, 7) is -0.465. The number of nitrogens with zero attached hydrogens (tertiary/aromatic N) is 2. The molecule has 0 radical (unpaired) electrons. The molecule has 3 unspecified atom stereocenters. The Hall–Kier alpha value is -3.68. The van der Waals surface area contributed by atoms with Crippen molar-refractivity contribution in [2.45, 2.75) is 28.9 Å². The fraction of sp³-hybridized carbons (Fsp3) is 0.185. The molecule has 7 nitrogen and oxygen atoms in total. The highest BCUT2D eigenvalue weighted by Crippen LogP contribution is 2.54. The summed E-state index contributed by atoms with van der Waals surface area (Å²) in [7, 11) is 0. The van der Waals surface area contributed by atoms with Gasteiger partial charge in [-0.2, -0.15) is 13.2 Å². The quantitative estimate of drug-likeness (QED) is 0.309. The lowest BCUT2D eigenvalue weighted by Crippen LogP contribution is -2.32. The molecule has 0 bridgehead atoms. The lowest BCUT2D eigenvalue weighted by Gasteiger charge is -2.29. The lowest BCUT2D eigenvalue weighted by molar-refractivity contribution is -0.137. The van der Waals surface area contributed by atoms with E-state index in [1.165, 1.54) is 32.9 Å². The number of para-hydroxylation sites is 1. The zero-order chi connectivity index (χ0) is 28.2. The summed E-state index contributed by atoms with van der Waals surface area (Å²) in [4.78, 5) is 55.4. The summed E-state index contributed by atoms with van der Waals surface area (Å²) in [5, 5.41) is 3.86. The molecule has 0 saturated carbocycles. The van der Waals surface area contributed by atoms with Crippen molar-refractivity contribution in [3.05, 3.63) is 97.1 Å². The zero-order valence-corrected chi connectivity index (χ0v) is 22.7. The van der Waals surface area contributed by atoms with Gasteiger partial charge in [-0.05, 0) is 41.8 Å². The molecule has 13 heteroatoms. The highest BCUT2D eigenvalue weighted by molar-refractivity contribution is 8.00. The van der Waals surface area contributed by atoms with E-state index in [0.717, 1.165) is 40.1 Å². The van der Waals surface area contributed by atoms with Gasteiger partial charge < -0.3 is 5.32 Å². The second-order valence-electron chi connectivity index (χ2n) is 9.16. The van der Waals surface area contributed by atoms with Gasteiger partial charge in [0.2, 0.25) is 17.7 Å². The first-order chi connectivity index (χ1) is 19.1. The number of thiazole rings is 1. The summed E-state index contributed by atoms with van der Waals surface area (Å²) < 4.78 is 40.5. The number of halogens is 3. The molecule has 2 aliphatic rings. The van der Waals surface area contributed by atoms with E-state index in [4.69, 9.17) is 0 Å². The SMILES string of the molecule is O=C(Cn1c2c(sc1=O)C(c1cccs1)C1C(=O)N(c3ccccc3)C(=O)C1S2)Nc1cccc(C(F)(F)F)c1. The highest BCUT2D eigenvalue weighted by Gasteiger charge is 2.57. The highest BCUT2D eigenvalue weighted by atomic mass is 32.2. The van der Waals surface area contributed by atoms with Crippen LogP contribution in [0.15, 0.2) is 81.9 Å². The number of thiophene rings is 1. The van der Waals surface area contributed by atoms with Crippen molar-refractivity contribution in [1.82, 2.24) is 4.57 Å². The topological polar surface area (TPSA) is 88.5 Å². The molecule has 3 atom stereocenters.